The highest BCUT2D eigenvalue weighted by molar-refractivity contribution is 7.15. The van der Waals surface area contributed by atoms with Crippen molar-refractivity contribution in [1.82, 2.24) is 14.3 Å². The minimum Gasteiger partial charge on any atom is -0.459 e. The molecule has 4 rings (SSSR count). The minimum atomic E-state index is -0.582. The zero-order valence-electron chi connectivity index (χ0n) is 14.9. The minimum absolute atomic E-state index is 0.0652. The highest BCUT2D eigenvalue weighted by atomic mass is 32.1. The smallest absolute Gasteiger partial charge is 0.307 e. The number of thiazole rings is 1. The van der Waals surface area contributed by atoms with E-state index >= 15 is 0 Å². The van der Waals surface area contributed by atoms with Crippen molar-refractivity contribution in [2.75, 3.05) is 6.54 Å². The molecule has 1 aliphatic rings. The molecular formula is C19H15N3O5S. The van der Waals surface area contributed by atoms with Gasteiger partial charge in [0, 0.05) is 24.2 Å². The van der Waals surface area contributed by atoms with Crippen LogP contribution >= 0.6 is 11.3 Å². The first-order valence-electron chi connectivity index (χ1n) is 8.52. The molecule has 3 aromatic rings. The number of fused-ring (bicyclic) bond motifs is 2. The van der Waals surface area contributed by atoms with E-state index in [-0.39, 0.29) is 25.1 Å². The summed E-state index contributed by atoms with van der Waals surface area (Å²) in [5.74, 6) is -1.40. The van der Waals surface area contributed by atoms with Crippen LogP contribution in [-0.4, -0.2) is 38.6 Å². The number of rotatable bonds is 5. The van der Waals surface area contributed by atoms with Gasteiger partial charge in [0.25, 0.3) is 17.4 Å². The summed E-state index contributed by atoms with van der Waals surface area (Å²) in [6.45, 7) is 1.62. The fourth-order valence-corrected chi connectivity index (χ4v) is 3.74. The van der Waals surface area contributed by atoms with Gasteiger partial charge in [-0.2, -0.15) is 0 Å². The second kappa shape index (κ2) is 7.01. The van der Waals surface area contributed by atoms with E-state index in [9.17, 15) is 19.2 Å². The molecule has 1 aromatic carbocycles. The second-order valence-electron chi connectivity index (χ2n) is 6.36. The number of aromatic nitrogens is 2. The molecule has 0 spiro atoms. The van der Waals surface area contributed by atoms with Crippen LogP contribution in [0.5, 0.6) is 0 Å². The standard InChI is InChI=1S/C19H15N3O5S/c1-11-2-3-13-14(8-11)18(26)22(17(13)25)5-4-16(24)27-10-12-9-15(23)21-6-7-28-19(21)20-12/h2-3,6-9H,4-5,10H2,1H3. The first kappa shape index (κ1) is 18.1. The summed E-state index contributed by atoms with van der Waals surface area (Å²) in [6, 6.07) is 6.36. The Hall–Kier alpha value is -3.33. The third kappa shape index (κ3) is 3.20. The molecule has 1 aliphatic heterocycles. The number of amides is 2. The molecular weight excluding hydrogens is 382 g/mol. The fraction of sp³-hybridized carbons (Fsp3) is 0.211. The van der Waals surface area contributed by atoms with Crippen LogP contribution in [0.4, 0.5) is 0 Å². The van der Waals surface area contributed by atoms with Gasteiger partial charge in [0.15, 0.2) is 4.96 Å². The molecule has 28 heavy (non-hydrogen) atoms. The van der Waals surface area contributed by atoms with E-state index < -0.39 is 17.8 Å². The lowest BCUT2D eigenvalue weighted by Gasteiger charge is -2.13. The summed E-state index contributed by atoms with van der Waals surface area (Å²) in [6.07, 6.45) is 1.49. The van der Waals surface area contributed by atoms with Crippen LogP contribution in [0, 0.1) is 6.92 Å². The fourth-order valence-electron chi connectivity index (χ4n) is 3.00. The first-order valence-corrected chi connectivity index (χ1v) is 9.40. The highest BCUT2D eigenvalue weighted by Crippen LogP contribution is 2.24. The highest BCUT2D eigenvalue weighted by Gasteiger charge is 2.35. The number of esters is 1. The predicted octanol–water partition coefficient (Wildman–Crippen LogP) is 1.79. The zero-order valence-corrected chi connectivity index (χ0v) is 15.7. The normalized spacial score (nSPS) is 13.2. The maximum absolute atomic E-state index is 12.4. The van der Waals surface area contributed by atoms with Gasteiger partial charge in [-0.1, -0.05) is 11.6 Å². The van der Waals surface area contributed by atoms with Gasteiger partial charge < -0.3 is 4.74 Å². The summed E-state index contributed by atoms with van der Waals surface area (Å²) in [5.41, 5.74) is 1.67. The van der Waals surface area contributed by atoms with Crippen LogP contribution in [0.25, 0.3) is 4.96 Å². The van der Waals surface area contributed by atoms with E-state index in [2.05, 4.69) is 4.98 Å². The van der Waals surface area contributed by atoms with Crippen molar-refractivity contribution < 1.29 is 19.1 Å². The largest absolute Gasteiger partial charge is 0.459 e. The maximum atomic E-state index is 12.4. The van der Waals surface area contributed by atoms with Crippen molar-refractivity contribution in [3.63, 3.8) is 0 Å². The molecule has 0 atom stereocenters. The van der Waals surface area contributed by atoms with Crippen molar-refractivity contribution in [3.8, 4) is 0 Å². The SMILES string of the molecule is Cc1ccc2c(c1)C(=O)N(CCC(=O)OCc1cc(=O)n3ccsc3n1)C2=O. The molecule has 0 radical (unpaired) electrons. The molecule has 0 bridgehead atoms. The molecule has 142 valence electrons. The molecule has 9 heteroatoms. The number of imide groups is 1. The molecule has 2 amide bonds. The Balaban J connectivity index is 1.36. The summed E-state index contributed by atoms with van der Waals surface area (Å²) >= 11 is 1.30. The van der Waals surface area contributed by atoms with Crippen molar-refractivity contribution in [2.45, 2.75) is 20.0 Å². The van der Waals surface area contributed by atoms with Crippen LogP contribution < -0.4 is 5.56 Å². The van der Waals surface area contributed by atoms with Gasteiger partial charge in [0.1, 0.15) is 6.61 Å². The van der Waals surface area contributed by atoms with Gasteiger partial charge in [-0.3, -0.25) is 28.5 Å². The van der Waals surface area contributed by atoms with Crippen LogP contribution in [0.15, 0.2) is 40.6 Å². The molecule has 3 heterocycles. The molecule has 2 aromatic heterocycles. The molecule has 0 aliphatic carbocycles. The van der Waals surface area contributed by atoms with E-state index in [1.165, 1.54) is 21.8 Å². The third-order valence-corrected chi connectivity index (χ3v) is 5.16. The maximum Gasteiger partial charge on any atom is 0.307 e. The summed E-state index contributed by atoms with van der Waals surface area (Å²) < 4.78 is 6.54. The number of aryl methyl sites for hydroxylation is 1. The van der Waals surface area contributed by atoms with Crippen LogP contribution in [0.3, 0.4) is 0 Å². The Labute approximate surface area is 163 Å². The molecule has 0 unspecified atom stereocenters. The summed E-state index contributed by atoms with van der Waals surface area (Å²) in [7, 11) is 0. The van der Waals surface area contributed by atoms with Gasteiger partial charge >= 0.3 is 5.97 Å². The van der Waals surface area contributed by atoms with Crippen molar-refractivity contribution >= 4 is 34.1 Å². The number of benzene rings is 1. The number of nitrogens with zero attached hydrogens (tertiary/aromatic N) is 3. The van der Waals surface area contributed by atoms with Gasteiger partial charge in [0.2, 0.25) is 0 Å². The Morgan fingerprint density at radius 1 is 1.14 bits per heavy atom. The van der Waals surface area contributed by atoms with E-state index in [1.807, 2.05) is 6.92 Å². The zero-order chi connectivity index (χ0) is 19.8. The van der Waals surface area contributed by atoms with E-state index in [4.69, 9.17) is 4.74 Å². The van der Waals surface area contributed by atoms with Crippen LogP contribution in [-0.2, 0) is 16.1 Å². The van der Waals surface area contributed by atoms with Crippen molar-refractivity contribution in [1.29, 1.82) is 0 Å². The summed E-state index contributed by atoms with van der Waals surface area (Å²) in [5, 5.41) is 1.74. The third-order valence-electron chi connectivity index (χ3n) is 4.40. The number of carbonyl (C=O) groups excluding carboxylic acids is 3. The second-order valence-corrected chi connectivity index (χ2v) is 7.24. The number of carbonyl (C=O) groups is 3. The van der Waals surface area contributed by atoms with E-state index in [0.717, 1.165) is 10.5 Å². The van der Waals surface area contributed by atoms with E-state index in [1.54, 1.807) is 29.8 Å². The van der Waals surface area contributed by atoms with Crippen LogP contribution in [0.1, 0.15) is 38.4 Å². The molecule has 8 nitrogen and oxygen atoms in total. The molecule has 0 N–H and O–H groups in total. The quantitative estimate of drug-likeness (QED) is 0.481. The lowest BCUT2D eigenvalue weighted by atomic mass is 10.1. The number of hydrogen-bond acceptors (Lipinski definition) is 7. The van der Waals surface area contributed by atoms with Crippen LogP contribution in [0.2, 0.25) is 0 Å². The van der Waals surface area contributed by atoms with Gasteiger partial charge in [0.05, 0.1) is 23.2 Å². The lowest BCUT2D eigenvalue weighted by molar-refractivity contribution is -0.145. The molecule has 0 saturated heterocycles. The Bertz CT molecular complexity index is 1180. The lowest BCUT2D eigenvalue weighted by Crippen LogP contribution is -2.32. The van der Waals surface area contributed by atoms with E-state index in [0.29, 0.717) is 21.8 Å². The average Bonchev–Trinajstić information content (AvgIpc) is 3.23. The first-order chi connectivity index (χ1) is 13.4. The predicted molar refractivity (Wildman–Crippen MR) is 100 cm³/mol. The van der Waals surface area contributed by atoms with Crippen molar-refractivity contribution in [3.05, 3.63) is 68.6 Å². The average molecular weight is 397 g/mol. The Morgan fingerprint density at radius 2 is 1.93 bits per heavy atom. The van der Waals surface area contributed by atoms with Gasteiger partial charge in [-0.15, -0.1) is 11.3 Å². The van der Waals surface area contributed by atoms with Gasteiger partial charge in [-0.05, 0) is 19.1 Å². The molecule has 0 fully saturated rings. The number of ether oxygens (including phenoxy) is 1. The number of hydrogen-bond donors (Lipinski definition) is 0. The Morgan fingerprint density at radius 3 is 2.75 bits per heavy atom. The monoisotopic (exact) mass is 397 g/mol. The van der Waals surface area contributed by atoms with Crippen molar-refractivity contribution in [2.24, 2.45) is 0 Å². The topological polar surface area (TPSA) is 98.1 Å². The summed E-state index contributed by atoms with van der Waals surface area (Å²) in [4.78, 5) is 54.5. The van der Waals surface area contributed by atoms with Gasteiger partial charge in [-0.25, -0.2) is 4.98 Å². The Kier molecular flexibility index (Phi) is 4.52. The molecule has 0 saturated carbocycles.